The number of benzene rings is 2. The first-order valence-electron chi connectivity index (χ1n) is 8.30. The lowest BCUT2D eigenvalue weighted by atomic mass is 10.0. The Morgan fingerprint density at radius 1 is 1.08 bits per heavy atom. The second-order valence-corrected chi connectivity index (χ2v) is 6.63. The Bertz CT molecular complexity index is 790. The number of amides is 1. The van der Waals surface area contributed by atoms with Crippen molar-refractivity contribution < 1.29 is 19.0 Å². The van der Waals surface area contributed by atoms with E-state index >= 15 is 0 Å². The van der Waals surface area contributed by atoms with Crippen LogP contribution in [0.5, 0.6) is 17.2 Å². The summed E-state index contributed by atoms with van der Waals surface area (Å²) in [6.45, 7) is 6.05. The van der Waals surface area contributed by atoms with Crippen LogP contribution in [0.3, 0.4) is 0 Å². The van der Waals surface area contributed by atoms with Gasteiger partial charge in [-0.05, 0) is 30.0 Å². The second-order valence-electron chi connectivity index (χ2n) is 6.22. The van der Waals surface area contributed by atoms with Crippen LogP contribution < -0.4 is 19.5 Å². The summed E-state index contributed by atoms with van der Waals surface area (Å²) in [5.74, 6) is 1.61. The molecule has 0 bridgehead atoms. The van der Waals surface area contributed by atoms with Crippen molar-refractivity contribution in [2.45, 2.75) is 26.7 Å². The summed E-state index contributed by atoms with van der Waals surface area (Å²) in [5.41, 5.74) is 2.61. The predicted molar refractivity (Wildman–Crippen MR) is 104 cm³/mol. The molecule has 140 valence electrons. The number of carbonyl (C=O) groups excluding carboxylic acids is 1. The zero-order valence-corrected chi connectivity index (χ0v) is 16.4. The number of ether oxygens (including phenoxy) is 3. The largest absolute Gasteiger partial charge is 0.495 e. The lowest BCUT2D eigenvalue weighted by Crippen LogP contribution is -2.21. The van der Waals surface area contributed by atoms with E-state index in [1.165, 1.54) is 14.2 Å². The van der Waals surface area contributed by atoms with Gasteiger partial charge in [-0.15, -0.1) is 0 Å². The van der Waals surface area contributed by atoms with Crippen LogP contribution in [-0.4, -0.2) is 26.7 Å². The number of hydrogen-bond acceptors (Lipinski definition) is 4. The molecule has 0 heterocycles. The molecule has 1 N–H and O–H groups in total. The second kappa shape index (κ2) is 8.81. The van der Waals surface area contributed by atoms with Gasteiger partial charge in [-0.1, -0.05) is 37.6 Å². The van der Waals surface area contributed by atoms with Crippen molar-refractivity contribution in [2.24, 2.45) is 0 Å². The van der Waals surface area contributed by atoms with Crippen LogP contribution in [0.1, 0.15) is 30.9 Å². The van der Waals surface area contributed by atoms with Crippen LogP contribution >= 0.6 is 11.6 Å². The number of hydrogen-bond donors (Lipinski definition) is 1. The zero-order chi connectivity index (χ0) is 19.3. The van der Waals surface area contributed by atoms with Crippen LogP contribution in [0.25, 0.3) is 0 Å². The lowest BCUT2D eigenvalue weighted by molar-refractivity contribution is -0.118. The third kappa shape index (κ3) is 4.82. The maximum atomic E-state index is 12.3. The number of methoxy groups -OCH3 is 2. The highest BCUT2D eigenvalue weighted by atomic mass is 35.5. The molecule has 2 rings (SSSR count). The summed E-state index contributed by atoms with van der Waals surface area (Å²) in [6.07, 6.45) is 0. The van der Waals surface area contributed by atoms with Gasteiger partial charge in [0, 0.05) is 12.1 Å². The maximum Gasteiger partial charge on any atom is 0.262 e. The number of carbonyl (C=O) groups is 1. The normalized spacial score (nSPS) is 10.6. The molecule has 5 nitrogen and oxygen atoms in total. The standard InChI is InChI=1S/C20H24ClNO4/c1-12(2)14-7-6-13(3)8-17(14)26-11-20(23)22-16-10-18(24-4)15(21)9-19(16)25-5/h6-10,12H,11H2,1-5H3,(H,22,23). The van der Waals surface area contributed by atoms with E-state index in [4.69, 9.17) is 25.8 Å². The molecule has 0 saturated carbocycles. The molecule has 0 aliphatic rings. The van der Waals surface area contributed by atoms with Gasteiger partial charge in [-0.25, -0.2) is 0 Å². The Labute approximate surface area is 159 Å². The van der Waals surface area contributed by atoms with Crippen molar-refractivity contribution in [3.05, 3.63) is 46.5 Å². The van der Waals surface area contributed by atoms with Gasteiger partial charge in [0.1, 0.15) is 17.2 Å². The maximum absolute atomic E-state index is 12.3. The van der Waals surface area contributed by atoms with E-state index in [1.807, 2.05) is 25.1 Å². The summed E-state index contributed by atoms with van der Waals surface area (Å²) in [5, 5.41) is 3.17. The molecule has 0 radical (unpaired) electrons. The third-order valence-electron chi connectivity index (χ3n) is 3.90. The van der Waals surface area contributed by atoms with Crippen LogP contribution in [0.2, 0.25) is 5.02 Å². The van der Waals surface area contributed by atoms with Crippen molar-refractivity contribution in [3.8, 4) is 17.2 Å². The Balaban J connectivity index is 2.12. The first-order valence-corrected chi connectivity index (χ1v) is 8.68. The molecule has 1 amide bonds. The highest BCUT2D eigenvalue weighted by Gasteiger charge is 2.14. The molecule has 0 aliphatic heterocycles. The first kappa shape index (κ1) is 19.9. The molecule has 0 spiro atoms. The Morgan fingerprint density at radius 3 is 2.38 bits per heavy atom. The van der Waals surface area contributed by atoms with Crippen LogP contribution in [0, 0.1) is 6.92 Å². The summed E-state index contributed by atoms with van der Waals surface area (Å²) < 4.78 is 16.2. The van der Waals surface area contributed by atoms with Gasteiger partial charge in [-0.3, -0.25) is 4.79 Å². The zero-order valence-electron chi connectivity index (χ0n) is 15.7. The van der Waals surface area contributed by atoms with Crippen LogP contribution in [0.4, 0.5) is 5.69 Å². The summed E-state index contributed by atoms with van der Waals surface area (Å²) in [4.78, 5) is 12.3. The Morgan fingerprint density at radius 2 is 1.77 bits per heavy atom. The van der Waals surface area contributed by atoms with E-state index in [9.17, 15) is 4.79 Å². The van der Waals surface area contributed by atoms with E-state index in [0.717, 1.165) is 16.9 Å². The van der Waals surface area contributed by atoms with E-state index in [-0.39, 0.29) is 12.5 Å². The summed E-state index contributed by atoms with van der Waals surface area (Å²) in [6, 6.07) is 9.21. The van der Waals surface area contributed by atoms with Gasteiger partial charge in [0.15, 0.2) is 6.61 Å². The first-order chi connectivity index (χ1) is 12.3. The minimum atomic E-state index is -0.302. The molecule has 0 unspecified atom stereocenters. The minimum absolute atomic E-state index is 0.114. The number of aryl methyl sites for hydroxylation is 1. The van der Waals surface area contributed by atoms with Gasteiger partial charge in [0.2, 0.25) is 0 Å². The molecule has 0 aromatic heterocycles. The van der Waals surface area contributed by atoms with Crippen molar-refractivity contribution >= 4 is 23.2 Å². The quantitative estimate of drug-likeness (QED) is 0.752. The predicted octanol–water partition coefficient (Wildman–Crippen LogP) is 4.81. The van der Waals surface area contributed by atoms with Crippen LogP contribution in [0.15, 0.2) is 30.3 Å². The van der Waals surface area contributed by atoms with Gasteiger partial charge in [-0.2, -0.15) is 0 Å². The molecule has 0 fully saturated rings. The molecule has 0 aliphatic carbocycles. The van der Waals surface area contributed by atoms with Crippen molar-refractivity contribution in [1.82, 2.24) is 0 Å². The smallest absolute Gasteiger partial charge is 0.262 e. The van der Waals surface area contributed by atoms with E-state index in [2.05, 4.69) is 19.2 Å². The topological polar surface area (TPSA) is 56.8 Å². The molecule has 2 aromatic rings. The van der Waals surface area contributed by atoms with Crippen molar-refractivity contribution in [3.63, 3.8) is 0 Å². The van der Waals surface area contributed by atoms with Crippen molar-refractivity contribution in [1.29, 1.82) is 0 Å². The highest BCUT2D eigenvalue weighted by Crippen LogP contribution is 2.36. The molecule has 0 saturated heterocycles. The fourth-order valence-electron chi connectivity index (χ4n) is 2.53. The van der Waals surface area contributed by atoms with Gasteiger partial charge in [0.25, 0.3) is 5.91 Å². The van der Waals surface area contributed by atoms with Crippen molar-refractivity contribution in [2.75, 3.05) is 26.1 Å². The monoisotopic (exact) mass is 377 g/mol. The molecule has 0 atom stereocenters. The average molecular weight is 378 g/mol. The molecule has 26 heavy (non-hydrogen) atoms. The fourth-order valence-corrected chi connectivity index (χ4v) is 2.76. The number of halogens is 1. The summed E-state index contributed by atoms with van der Waals surface area (Å²) >= 11 is 6.08. The molecular weight excluding hydrogens is 354 g/mol. The van der Waals surface area contributed by atoms with Gasteiger partial charge >= 0.3 is 0 Å². The lowest BCUT2D eigenvalue weighted by Gasteiger charge is -2.16. The Kier molecular flexibility index (Phi) is 6.75. The van der Waals surface area contributed by atoms with Gasteiger partial charge < -0.3 is 19.5 Å². The minimum Gasteiger partial charge on any atom is -0.495 e. The van der Waals surface area contributed by atoms with E-state index < -0.39 is 0 Å². The molecule has 6 heteroatoms. The van der Waals surface area contributed by atoms with E-state index in [0.29, 0.717) is 28.1 Å². The molecular formula is C20H24ClNO4. The Hall–Kier alpha value is -2.40. The summed E-state index contributed by atoms with van der Waals surface area (Å²) in [7, 11) is 3.01. The fraction of sp³-hybridized carbons (Fsp3) is 0.350. The number of anilines is 1. The molecule has 2 aromatic carbocycles. The highest BCUT2D eigenvalue weighted by molar-refractivity contribution is 6.32. The number of rotatable bonds is 7. The number of nitrogens with one attached hydrogen (secondary N) is 1. The SMILES string of the molecule is COc1cc(NC(=O)COc2cc(C)ccc2C(C)C)c(OC)cc1Cl. The average Bonchev–Trinajstić information content (AvgIpc) is 2.60. The van der Waals surface area contributed by atoms with Crippen LogP contribution in [-0.2, 0) is 4.79 Å². The third-order valence-corrected chi connectivity index (χ3v) is 4.19. The van der Waals surface area contributed by atoms with E-state index in [1.54, 1.807) is 12.1 Å². The van der Waals surface area contributed by atoms with Gasteiger partial charge in [0.05, 0.1) is 24.9 Å².